The van der Waals surface area contributed by atoms with Crippen LogP contribution in [-0.2, 0) is 34.2 Å². The predicted molar refractivity (Wildman–Crippen MR) is 137 cm³/mol. The summed E-state index contributed by atoms with van der Waals surface area (Å²) in [5.41, 5.74) is 3.40. The van der Waals surface area contributed by atoms with Gasteiger partial charge in [0.2, 0.25) is 15.9 Å². The minimum Gasteiger partial charge on any atom is -0.324 e. The summed E-state index contributed by atoms with van der Waals surface area (Å²) < 4.78 is 28.9. The molecule has 0 heterocycles. The molecule has 0 atom stereocenters. The van der Waals surface area contributed by atoms with Gasteiger partial charge >= 0.3 is 0 Å². The first kappa shape index (κ1) is 25.4. The van der Waals surface area contributed by atoms with Crippen LogP contribution in [0.5, 0.6) is 0 Å². The average molecular weight is 550 g/mol. The number of para-hydroxylation sites is 1. The molecule has 1 amide bonds. The Hall–Kier alpha value is -2.19. The average Bonchev–Trinajstić information content (AvgIpc) is 2.80. The van der Waals surface area contributed by atoms with Gasteiger partial charge in [0, 0.05) is 21.7 Å². The Bertz CT molecular complexity index is 1210. The highest BCUT2D eigenvalue weighted by atomic mass is 79.9. The van der Waals surface area contributed by atoms with Crippen LogP contribution in [-0.4, -0.2) is 25.2 Å². The van der Waals surface area contributed by atoms with Crippen LogP contribution in [0.25, 0.3) is 0 Å². The molecular formula is C25H26BrClN2O3S. The predicted octanol–water partition coefficient (Wildman–Crippen LogP) is 6.06. The number of amides is 1. The monoisotopic (exact) mass is 548 g/mol. The van der Waals surface area contributed by atoms with Gasteiger partial charge in [-0.2, -0.15) is 4.31 Å². The number of nitrogens with one attached hydrogen (secondary N) is 1. The van der Waals surface area contributed by atoms with E-state index >= 15 is 0 Å². The maximum atomic E-state index is 13.5. The Balaban J connectivity index is 1.94. The highest BCUT2D eigenvalue weighted by molar-refractivity contribution is 9.10. The molecule has 174 valence electrons. The number of sulfonamides is 1. The Morgan fingerprint density at radius 2 is 1.48 bits per heavy atom. The molecule has 0 aromatic heterocycles. The Morgan fingerprint density at radius 1 is 0.909 bits per heavy atom. The molecule has 0 unspecified atom stereocenters. The van der Waals surface area contributed by atoms with Gasteiger partial charge in [-0.3, -0.25) is 4.79 Å². The smallest absolute Gasteiger partial charge is 0.243 e. The van der Waals surface area contributed by atoms with E-state index < -0.39 is 15.9 Å². The van der Waals surface area contributed by atoms with Crippen LogP contribution in [0.15, 0.2) is 76.1 Å². The summed E-state index contributed by atoms with van der Waals surface area (Å²) in [5, 5.41) is 3.40. The van der Waals surface area contributed by atoms with Gasteiger partial charge in [-0.05, 0) is 59.9 Å². The maximum absolute atomic E-state index is 13.5. The van der Waals surface area contributed by atoms with Crippen LogP contribution in [0.4, 0.5) is 5.69 Å². The number of nitrogens with zero attached hydrogens (tertiary/aromatic N) is 1. The number of carbonyl (C=O) groups is 1. The lowest BCUT2D eigenvalue weighted by atomic mass is 10.0. The SMILES string of the molecule is CCc1cccc(CC)c1NC(=O)CN(Cc1ccccc1Cl)S(=O)(=O)c1ccc(Br)cc1. The lowest BCUT2D eigenvalue weighted by molar-refractivity contribution is -0.116. The van der Waals surface area contributed by atoms with Crippen LogP contribution in [0, 0.1) is 0 Å². The fourth-order valence-corrected chi connectivity index (χ4v) is 5.37. The third-order valence-corrected chi connectivity index (χ3v) is 8.04. The molecule has 3 aromatic rings. The first-order chi connectivity index (χ1) is 15.8. The summed E-state index contributed by atoms with van der Waals surface area (Å²) in [5.74, 6) is -0.404. The van der Waals surface area contributed by atoms with E-state index in [9.17, 15) is 13.2 Å². The molecule has 8 heteroatoms. The van der Waals surface area contributed by atoms with Crippen molar-refractivity contribution in [2.24, 2.45) is 0 Å². The van der Waals surface area contributed by atoms with Crippen molar-refractivity contribution in [1.82, 2.24) is 4.31 Å². The van der Waals surface area contributed by atoms with E-state index in [1.165, 1.54) is 12.1 Å². The molecule has 0 spiro atoms. The second-order valence-electron chi connectivity index (χ2n) is 7.52. The van der Waals surface area contributed by atoms with Crippen molar-refractivity contribution < 1.29 is 13.2 Å². The van der Waals surface area contributed by atoms with E-state index in [0.717, 1.165) is 38.4 Å². The second kappa shape index (κ2) is 11.3. The number of anilines is 1. The lowest BCUT2D eigenvalue weighted by Gasteiger charge is -2.23. The molecule has 0 fully saturated rings. The molecule has 0 aliphatic rings. The lowest BCUT2D eigenvalue weighted by Crippen LogP contribution is -2.38. The van der Waals surface area contributed by atoms with Crippen LogP contribution in [0.1, 0.15) is 30.5 Å². The zero-order valence-electron chi connectivity index (χ0n) is 18.5. The quantitative estimate of drug-likeness (QED) is 0.353. The van der Waals surface area contributed by atoms with E-state index in [1.807, 2.05) is 32.0 Å². The number of hydrogen-bond acceptors (Lipinski definition) is 3. The topological polar surface area (TPSA) is 66.5 Å². The largest absolute Gasteiger partial charge is 0.324 e. The first-order valence-corrected chi connectivity index (χ1v) is 13.3. The molecule has 0 saturated heterocycles. The van der Waals surface area contributed by atoms with Crippen molar-refractivity contribution in [2.45, 2.75) is 38.1 Å². The molecule has 5 nitrogen and oxygen atoms in total. The van der Waals surface area contributed by atoms with Crippen LogP contribution in [0.3, 0.4) is 0 Å². The minimum atomic E-state index is -3.96. The molecule has 1 N–H and O–H groups in total. The molecule has 0 bridgehead atoms. The summed E-state index contributed by atoms with van der Waals surface area (Å²) >= 11 is 9.63. The van der Waals surface area contributed by atoms with Crippen molar-refractivity contribution >= 4 is 49.1 Å². The van der Waals surface area contributed by atoms with Crippen molar-refractivity contribution in [3.05, 3.63) is 92.9 Å². The van der Waals surface area contributed by atoms with Crippen molar-refractivity contribution in [2.75, 3.05) is 11.9 Å². The zero-order valence-corrected chi connectivity index (χ0v) is 21.7. The summed E-state index contributed by atoms with van der Waals surface area (Å²) in [4.78, 5) is 13.2. The highest BCUT2D eigenvalue weighted by Crippen LogP contribution is 2.25. The minimum absolute atomic E-state index is 0.0262. The molecule has 3 rings (SSSR count). The molecular weight excluding hydrogens is 524 g/mol. The normalized spacial score (nSPS) is 11.5. The van der Waals surface area contributed by atoms with Gasteiger partial charge in [0.25, 0.3) is 0 Å². The van der Waals surface area contributed by atoms with Gasteiger partial charge in [0.05, 0.1) is 11.4 Å². The Kier molecular flexibility index (Phi) is 8.70. The van der Waals surface area contributed by atoms with Gasteiger partial charge in [-0.1, -0.05) is 77.8 Å². The van der Waals surface area contributed by atoms with E-state index in [-0.39, 0.29) is 18.0 Å². The van der Waals surface area contributed by atoms with E-state index in [1.54, 1.807) is 36.4 Å². The fourth-order valence-electron chi connectivity index (χ4n) is 3.54. The third-order valence-electron chi connectivity index (χ3n) is 5.34. The van der Waals surface area contributed by atoms with Crippen LogP contribution in [0.2, 0.25) is 5.02 Å². The van der Waals surface area contributed by atoms with Crippen LogP contribution < -0.4 is 5.32 Å². The first-order valence-electron chi connectivity index (χ1n) is 10.7. The summed E-state index contributed by atoms with van der Waals surface area (Å²) in [6.07, 6.45) is 1.51. The van der Waals surface area contributed by atoms with Crippen molar-refractivity contribution in [1.29, 1.82) is 0 Å². The Morgan fingerprint density at radius 3 is 2.06 bits per heavy atom. The van der Waals surface area contributed by atoms with E-state index in [2.05, 4.69) is 21.2 Å². The summed E-state index contributed by atoms with van der Waals surface area (Å²) in [6.45, 7) is 3.67. The van der Waals surface area contributed by atoms with Crippen LogP contribution >= 0.6 is 27.5 Å². The van der Waals surface area contributed by atoms with Crippen molar-refractivity contribution in [3.63, 3.8) is 0 Å². The number of aryl methyl sites for hydroxylation is 2. The highest BCUT2D eigenvalue weighted by Gasteiger charge is 2.28. The number of rotatable bonds is 9. The molecule has 0 aliphatic heterocycles. The number of benzene rings is 3. The molecule has 0 aliphatic carbocycles. The molecule has 0 saturated carbocycles. The second-order valence-corrected chi connectivity index (χ2v) is 10.8. The molecule has 33 heavy (non-hydrogen) atoms. The summed E-state index contributed by atoms with van der Waals surface area (Å²) in [6, 6.07) is 19.3. The number of hydrogen-bond donors (Lipinski definition) is 1. The molecule has 0 radical (unpaired) electrons. The van der Waals surface area contributed by atoms with Gasteiger partial charge in [0.1, 0.15) is 0 Å². The fraction of sp³-hybridized carbons (Fsp3) is 0.240. The molecule has 3 aromatic carbocycles. The van der Waals surface area contributed by atoms with Gasteiger partial charge in [0.15, 0.2) is 0 Å². The standard InChI is InChI=1S/C25H26BrClN2O3S/c1-3-18-9-7-10-19(4-2)25(18)28-24(30)17-29(16-20-8-5-6-11-23(20)27)33(31,32)22-14-12-21(26)13-15-22/h5-15H,3-4,16-17H2,1-2H3,(H,28,30). The Labute approximate surface area is 209 Å². The maximum Gasteiger partial charge on any atom is 0.243 e. The van der Waals surface area contributed by atoms with Gasteiger partial charge < -0.3 is 5.32 Å². The van der Waals surface area contributed by atoms with Gasteiger partial charge in [-0.25, -0.2) is 8.42 Å². The number of carbonyl (C=O) groups excluding carboxylic acids is 1. The van der Waals surface area contributed by atoms with Crippen molar-refractivity contribution in [3.8, 4) is 0 Å². The third kappa shape index (κ3) is 6.23. The van der Waals surface area contributed by atoms with E-state index in [4.69, 9.17) is 11.6 Å². The number of halogens is 2. The van der Waals surface area contributed by atoms with Gasteiger partial charge in [-0.15, -0.1) is 0 Å². The van der Waals surface area contributed by atoms with E-state index in [0.29, 0.717) is 10.6 Å². The summed E-state index contributed by atoms with van der Waals surface area (Å²) in [7, 11) is -3.96. The zero-order chi connectivity index (χ0) is 24.0.